The van der Waals surface area contributed by atoms with Crippen LogP contribution in [0.3, 0.4) is 0 Å². The minimum absolute atomic E-state index is 0.248. The minimum Gasteiger partial charge on any atom is -0.497 e. The fourth-order valence-corrected chi connectivity index (χ4v) is 5.36. The van der Waals surface area contributed by atoms with Crippen molar-refractivity contribution in [2.24, 2.45) is 0 Å². The summed E-state index contributed by atoms with van der Waals surface area (Å²) in [5.41, 5.74) is 2.39. The summed E-state index contributed by atoms with van der Waals surface area (Å²) in [6, 6.07) is 18.2. The van der Waals surface area contributed by atoms with Crippen LogP contribution in [-0.2, 0) is 0 Å². The molecule has 0 spiro atoms. The first-order chi connectivity index (χ1) is 17.2. The van der Waals surface area contributed by atoms with Gasteiger partial charge >= 0.3 is 0 Å². The summed E-state index contributed by atoms with van der Waals surface area (Å²) in [5.74, 6) is 2.52. The maximum Gasteiger partial charge on any atom is 0.141 e. The molecule has 1 fully saturated rings. The van der Waals surface area contributed by atoms with Crippen LogP contribution < -0.4 is 19.7 Å². The molecule has 1 saturated heterocycles. The number of hydrogen-bond acceptors (Lipinski definition) is 8. The first-order valence-corrected chi connectivity index (χ1v) is 12.8. The first kappa shape index (κ1) is 23.5. The lowest BCUT2D eigenvalue weighted by atomic mass is 10.0. The van der Waals surface area contributed by atoms with Gasteiger partial charge in [0.25, 0.3) is 0 Å². The Labute approximate surface area is 209 Å². The quantitative estimate of drug-likeness (QED) is 0.361. The first-order valence-electron chi connectivity index (χ1n) is 11.9. The van der Waals surface area contributed by atoms with E-state index < -0.39 is 6.10 Å². The molecule has 7 nitrogen and oxygen atoms in total. The molecule has 4 aromatic rings. The van der Waals surface area contributed by atoms with Crippen LogP contribution in [0.15, 0.2) is 66.3 Å². The van der Waals surface area contributed by atoms with E-state index in [9.17, 15) is 5.11 Å². The van der Waals surface area contributed by atoms with Crippen LogP contribution in [-0.4, -0.2) is 60.6 Å². The van der Waals surface area contributed by atoms with Crippen molar-refractivity contribution in [1.29, 1.82) is 0 Å². The minimum atomic E-state index is -0.573. The number of anilines is 1. The van der Waals surface area contributed by atoms with Gasteiger partial charge in [-0.3, -0.25) is 0 Å². The van der Waals surface area contributed by atoms with Crippen molar-refractivity contribution in [3.63, 3.8) is 0 Å². The summed E-state index contributed by atoms with van der Waals surface area (Å²) in [6.45, 7) is 2.57. The van der Waals surface area contributed by atoms with Crippen molar-refractivity contribution in [1.82, 2.24) is 15.3 Å². The fraction of sp³-hybridized carbons (Fsp3) is 0.333. The highest BCUT2D eigenvalue weighted by Crippen LogP contribution is 2.38. The molecule has 0 radical (unpaired) electrons. The Kier molecular flexibility index (Phi) is 7.42. The SMILES string of the molecule is COc1ccc(OC[C@@H](O)CNC2CCN(c3ncnc4scc(-c5ccccc5)c34)CC2)cc1. The van der Waals surface area contributed by atoms with E-state index in [4.69, 9.17) is 9.47 Å². The molecule has 1 aliphatic heterocycles. The highest BCUT2D eigenvalue weighted by atomic mass is 32.1. The molecule has 182 valence electrons. The summed E-state index contributed by atoms with van der Waals surface area (Å²) in [5, 5.41) is 17.2. The molecule has 2 aromatic carbocycles. The van der Waals surface area contributed by atoms with E-state index >= 15 is 0 Å². The Morgan fingerprint density at radius 3 is 2.54 bits per heavy atom. The van der Waals surface area contributed by atoms with E-state index in [1.165, 1.54) is 11.1 Å². The smallest absolute Gasteiger partial charge is 0.141 e. The van der Waals surface area contributed by atoms with Crippen LogP contribution in [0.4, 0.5) is 5.82 Å². The van der Waals surface area contributed by atoms with Crippen LogP contribution in [0.5, 0.6) is 11.5 Å². The molecule has 35 heavy (non-hydrogen) atoms. The number of fused-ring (bicyclic) bond motifs is 1. The van der Waals surface area contributed by atoms with Crippen LogP contribution in [0.2, 0.25) is 0 Å². The summed E-state index contributed by atoms with van der Waals surface area (Å²) >= 11 is 1.67. The Bertz CT molecular complexity index is 1220. The second-order valence-electron chi connectivity index (χ2n) is 8.70. The van der Waals surface area contributed by atoms with Gasteiger partial charge in [-0.25, -0.2) is 9.97 Å². The number of aliphatic hydroxyl groups is 1. The number of nitrogens with one attached hydrogen (secondary N) is 1. The predicted octanol–water partition coefficient (Wildman–Crippen LogP) is 4.37. The van der Waals surface area contributed by atoms with Crippen molar-refractivity contribution < 1.29 is 14.6 Å². The second-order valence-corrected chi connectivity index (χ2v) is 9.56. The van der Waals surface area contributed by atoms with Gasteiger partial charge < -0.3 is 24.8 Å². The number of nitrogens with zero attached hydrogens (tertiary/aromatic N) is 3. The Morgan fingerprint density at radius 1 is 1.06 bits per heavy atom. The fourth-order valence-electron chi connectivity index (χ4n) is 4.45. The largest absolute Gasteiger partial charge is 0.497 e. The van der Waals surface area contributed by atoms with Crippen molar-refractivity contribution in [3.05, 3.63) is 66.3 Å². The summed E-state index contributed by atoms with van der Waals surface area (Å²) in [4.78, 5) is 12.6. The Hall–Kier alpha value is -3.20. The average Bonchev–Trinajstić information content (AvgIpc) is 3.36. The van der Waals surface area contributed by atoms with Gasteiger partial charge in [0, 0.05) is 36.6 Å². The van der Waals surface area contributed by atoms with E-state index in [2.05, 4.69) is 49.8 Å². The van der Waals surface area contributed by atoms with Gasteiger partial charge in [-0.2, -0.15) is 0 Å². The molecule has 0 saturated carbocycles. The predicted molar refractivity (Wildman–Crippen MR) is 141 cm³/mol. The molecular formula is C27H30N4O3S. The van der Waals surface area contributed by atoms with Crippen molar-refractivity contribution in [2.45, 2.75) is 25.0 Å². The van der Waals surface area contributed by atoms with E-state index in [-0.39, 0.29) is 6.61 Å². The number of hydrogen-bond donors (Lipinski definition) is 2. The third-order valence-corrected chi connectivity index (χ3v) is 7.26. The van der Waals surface area contributed by atoms with Crippen LogP contribution in [0.25, 0.3) is 21.3 Å². The normalized spacial score (nSPS) is 15.3. The highest BCUT2D eigenvalue weighted by molar-refractivity contribution is 7.17. The van der Waals surface area contributed by atoms with Crippen molar-refractivity contribution in [2.75, 3.05) is 38.3 Å². The maximum atomic E-state index is 10.4. The zero-order chi connectivity index (χ0) is 24.0. The lowest BCUT2D eigenvalue weighted by Gasteiger charge is -2.34. The number of aromatic nitrogens is 2. The van der Waals surface area contributed by atoms with Gasteiger partial charge in [0.05, 0.1) is 12.5 Å². The molecule has 3 heterocycles. The van der Waals surface area contributed by atoms with Crippen molar-refractivity contribution in [3.8, 4) is 22.6 Å². The lowest BCUT2D eigenvalue weighted by molar-refractivity contribution is 0.102. The molecule has 0 amide bonds. The molecule has 1 aliphatic rings. The molecular weight excluding hydrogens is 460 g/mol. The standard InChI is InChI=1S/C27H30N4O3S/c1-33-22-7-9-23(10-8-22)34-16-21(32)15-28-20-11-13-31(14-12-20)26-25-24(19-5-3-2-4-6-19)17-35-27(25)30-18-29-26/h2-10,17-18,20-21,28,32H,11-16H2,1H3/t21-/m0/s1. The Morgan fingerprint density at radius 2 is 1.80 bits per heavy atom. The number of rotatable bonds is 9. The van der Waals surface area contributed by atoms with Gasteiger partial charge in [-0.05, 0) is 42.7 Å². The lowest BCUT2D eigenvalue weighted by Crippen LogP contribution is -2.45. The zero-order valence-electron chi connectivity index (χ0n) is 19.8. The topological polar surface area (TPSA) is 79.7 Å². The molecule has 2 N–H and O–H groups in total. The molecule has 8 heteroatoms. The summed E-state index contributed by atoms with van der Waals surface area (Å²) in [7, 11) is 1.63. The van der Waals surface area contributed by atoms with Gasteiger partial charge in [-0.1, -0.05) is 30.3 Å². The van der Waals surface area contributed by atoms with Gasteiger partial charge in [0.1, 0.15) is 41.2 Å². The van der Waals surface area contributed by atoms with E-state index in [0.717, 1.165) is 53.5 Å². The molecule has 1 atom stereocenters. The highest BCUT2D eigenvalue weighted by Gasteiger charge is 2.24. The third-order valence-electron chi connectivity index (χ3n) is 6.37. The molecule has 0 unspecified atom stereocenters. The monoisotopic (exact) mass is 490 g/mol. The number of piperidine rings is 1. The summed E-state index contributed by atoms with van der Waals surface area (Å²) in [6.07, 6.45) is 3.08. The van der Waals surface area contributed by atoms with E-state index in [1.807, 2.05) is 30.3 Å². The summed E-state index contributed by atoms with van der Waals surface area (Å²) < 4.78 is 10.9. The van der Waals surface area contributed by atoms with Crippen LogP contribution in [0.1, 0.15) is 12.8 Å². The maximum absolute atomic E-state index is 10.4. The van der Waals surface area contributed by atoms with E-state index in [1.54, 1.807) is 24.8 Å². The van der Waals surface area contributed by atoms with Gasteiger partial charge in [0.2, 0.25) is 0 Å². The number of methoxy groups -OCH3 is 1. The van der Waals surface area contributed by atoms with Crippen molar-refractivity contribution >= 4 is 27.4 Å². The zero-order valence-corrected chi connectivity index (χ0v) is 20.6. The number of ether oxygens (including phenoxy) is 2. The number of aliphatic hydroxyl groups excluding tert-OH is 1. The Balaban J connectivity index is 1.15. The van der Waals surface area contributed by atoms with E-state index in [0.29, 0.717) is 12.6 Å². The number of benzene rings is 2. The average molecular weight is 491 g/mol. The molecule has 0 bridgehead atoms. The molecule has 0 aliphatic carbocycles. The van der Waals surface area contributed by atoms with Gasteiger partial charge in [0.15, 0.2) is 0 Å². The van der Waals surface area contributed by atoms with Crippen LogP contribution in [0, 0.1) is 0 Å². The molecule has 5 rings (SSSR count). The second kappa shape index (κ2) is 11.0. The molecule has 2 aromatic heterocycles. The number of thiophene rings is 1. The third kappa shape index (κ3) is 5.56. The van der Waals surface area contributed by atoms with Crippen LogP contribution >= 0.6 is 11.3 Å². The van der Waals surface area contributed by atoms with Gasteiger partial charge in [-0.15, -0.1) is 11.3 Å².